The van der Waals surface area contributed by atoms with E-state index in [0.29, 0.717) is 31.9 Å². The van der Waals surface area contributed by atoms with Crippen LogP contribution in [-0.2, 0) is 0 Å². The first-order valence-corrected chi connectivity index (χ1v) is 12.2. The summed E-state index contributed by atoms with van der Waals surface area (Å²) in [5.74, 6) is 2.91. The van der Waals surface area contributed by atoms with Crippen molar-refractivity contribution in [1.82, 2.24) is 10.6 Å². The van der Waals surface area contributed by atoms with Gasteiger partial charge in [-0.2, -0.15) is 0 Å². The predicted molar refractivity (Wildman–Crippen MR) is 127 cm³/mol. The van der Waals surface area contributed by atoms with Gasteiger partial charge in [-0.05, 0) is 105 Å². The Hall–Kier alpha value is -1.56. The van der Waals surface area contributed by atoms with Gasteiger partial charge in [0.05, 0.1) is 10.0 Å². The molecule has 1 aromatic heterocycles. The van der Waals surface area contributed by atoms with Crippen molar-refractivity contribution in [2.45, 2.75) is 51.5 Å². The summed E-state index contributed by atoms with van der Waals surface area (Å²) >= 11 is 17.8. The van der Waals surface area contributed by atoms with Crippen molar-refractivity contribution in [1.29, 1.82) is 0 Å². The quantitative estimate of drug-likeness (QED) is 0.496. The number of carbonyl (C=O) groups is 1. The van der Waals surface area contributed by atoms with Crippen LogP contribution in [0.4, 0.5) is 0 Å². The molecule has 4 aliphatic rings. The van der Waals surface area contributed by atoms with Crippen LogP contribution in [0.15, 0.2) is 34.7 Å². The lowest BCUT2D eigenvalue weighted by atomic mass is 9.48. The Morgan fingerprint density at radius 2 is 1.74 bits per heavy atom. The fourth-order valence-electron chi connectivity index (χ4n) is 6.56. The summed E-state index contributed by atoms with van der Waals surface area (Å²) in [4.78, 5) is 12.7. The van der Waals surface area contributed by atoms with Gasteiger partial charge in [0.2, 0.25) is 0 Å². The number of carbonyl (C=O) groups excluding carboxylic acids is 1. The van der Waals surface area contributed by atoms with E-state index in [1.807, 2.05) is 0 Å². The Labute approximate surface area is 198 Å². The summed E-state index contributed by atoms with van der Waals surface area (Å²) in [5, 5.41) is 7.38. The lowest BCUT2D eigenvalue weighted by molar-refractivity contribution is -0.0672. The van der Waals surface area contributed by atoms with Gasteiger partial charge in [0.25, 0.3) is 5.91 Å². The molecule has 4 bridgehead atoms. The smallest absolute Gasteiger partial charge is 0.293 e. The molecule has 0 aliphatic heterocycles. The fraction of sp³-hybridized carbons (Fsp3) is 0.500. The van der Waals surface area contributed by atoms with Crippen LogP contribution in [0.5, 0.6) is 0 Å². The number of benzene rings is 1. The van der Waals surface area contributed by atoms with Crippen molar-refractivity contribution in [3.63, 3.8) is 0 Å². The highest BCUT2D eigenvalue weighted by Gasteiger charge is 2.53. The average Bonchev–Trinajstić information content (AvgIpc) is 3.19. The summed E-state index contributed by atoms with van der Waals surface area (Å²) in [6, 6.07) is 8.86. The highest BCUT2D eigenvalue weighted by molar-refractivity contribution is 7.80. The summed E-state index contributed by atoms with van der Waals surface area (Å²) in [5.41, 5.74) is 0.953. The largest absolute Gasteiger partial charge is 0.451 e. The van der Waals surface area contributed by atoms with Gasteiger partial charge in [-0.25, -0.2) is 0 Å². The fourth-order valence-corrected chi connectivity index (χ4v) is 7.22. The van der Waals surface area contributed by atoms with Crippen LogP contribution in [0.2, 0.25) is 10.0 Å². The molecule has 1 aromatic carbocycles. The maximum absolute atomic E-state index is 12.7. The zero-order valence-electron chi connectivity index (χ0n) is 17.4. The van der Waals surface area contributed by atoms with E-state index in [9.17, 15) is 4.79 Å². The number of hydrogen-bond acceptors (Lipinski definition) is 3. The van der Waals surface area contributed by atoms with Crippen molar-refractivity contribution in [3.05, 3.63) is 46.1 Å². The van der Waals surface area contributed by atoms with E-state index >= 15 is 0 Å². The van der Waals surface area contributed by atoms with Crippen molar-refractivity contribution < 1.29 is 9.21 Å². The summed E-state index contributed by atoms with van der Waals surface area (Å²) < 4.78 is 5.73. The molecular weight excluding hydrogens is 451 g/mol. The van der Waals surface area contributed by atoms with Gasteiger partial charge in [0, 0.05) is 11.6 Å². The monoisotopic (exact) mass is 476 g/mol. The van der Waals surface area contributed by atoms with Crippen LogP contribution in [-0.4, -0.2) is 17.1 Å². The predicted octanol–water partition coefficient (Wildman–Crippen LogP) is 6.46. The van der Waals surface area contributed by atoms with E-state index in [1.54, 1.807) is 30.3 Å². The lowest BCUT2D eigenvalue weighted by Gasteiger charge is -2.59. The molecule has 4 saturated carbocycles. The Bertz CT molecular complexity index is 999. The Balaban J connectivity index is 1.23. The minimum Gasteiger partial charge on any atom is -0.451 e. The molecule has 4 nitrogen and oxygen atoms in total. The van der Waals surface area contributed by atoms with E-state index in [4.69, 9.17) is 39.8 Å². The Morgan fingerprint density at radius 3 is 2.39 bits per heavy atom. The first kappa shape index (κ1) is 21.3. The standard InChI is InChI=1S/C24H26Cl2N2O2S/c1-13(24-10-14-7-15(11-24)9-16(8-14)12-24)27-23(31)28-22(29)20-6-5-19(30-20)17-3-2-4-18(25)21(17)26/h2-6,13-16H,7-12H2,1H3,(H2,27,28,29,31). The minimum atomic E-state index is -0.375. The molecule has 0 saturated heterocycles. The second-order valence-corrected chi connectivity index (χ2v) is 10.9. The van der Waals surface area contributed by atoms with E-state index in [2.05, 4.69) is 17.6 Å². The second kappa shape index (κ2) is 8.09. The van der Waals surface area contributed by atoms with Gasteiger partial charge in [-0.15, -0.1) is 0 Å². The lowest BCUT2D eigenvalue weighted by Crippen LogP contribution is -2.57. The maximum Gasteiger partial charge on any atom is 0.293 e. The van der Waals surface area contributed by atoms with Crippen LogP contribution in [0.3, 0.4) is 0 Å². The molecule has 0 radical (unpaired) electrons. The molecule has 2 N–H and O–H groups in total. The average molecular weight is 477 g/mol. The molecule has 1 atom stereocenters. The molecule has 164 valence electrons. The Morgan fingerprint density at radius 1 is 1.10 bits per heavy atom. The summed E-state index contributed by atoms with van der Waals surface area (Å²) in [7, 11) is 0. The van der Waals surface area contributed by atoms with Crippen LogP contribution in [0.25, 0.3) is 11.3 Å². The van der Waals surface area contributed by atoms with E-state index in [-0.39, 0.29) is 17.7 Å². The van der Waals surface area contributed by atoms with Gasteiger partial charge >= 0.3 is 0 Å². The van der Waals surface area contributed by atoms with Crippen molar-refractivity contribution in [2.24, 2.45) is 23.2 Å². The molecule has 2 aromatic rings. The summed E-state index contributed by atoms with van der Waals surface area (Å²) in [6.07, 6.45) is 8.07. The number of furan rings is 1. The molecular formula is C24H26Cl2N2O2S. The van der Waals surface area contributed by atoms with E-state index in [0.717, 1.165) is 17.8 Å². The molecule has 0 spiro atoms. The number of amides is 1. The number of hydrogen-bond donors (Lipinski definition) is 2. The van der Waals surface area contributed by atoms with Gasteiger partial charge < -0.3 is 9.73 Å². The third-order valence-electron chi connectivity index (χ3n) is 7.63. The first-order valence-electron chi connectivity index (χ1n) is 11.0. The molecule has 1 unspecified atom stereocenters. The third-order valence-corrected chi connectivity index (χ3v) is 8.66. The van der Waals surface area contributed by atoms with Crippen LogP contribution in [0, 0.1) is 23.2 Å². The Kier molecular flexibility index (Phi) is 5.56. The molecule has 1 heterocycles. The van der Waals surface area contributed by atoms with Crippen molar-refractivity contribution in [2.75, 3.05) is 0 Å². The van der Waals surface area contributed by atoms with E-state index < -0.39 is 0 Å². The number of rotatable bonds is 4. The number of halogens is 2. The van der Waals surface area contributed by atoms with Crippen molar-refractivity contribution >= 4 is 46.4 Å². The number of nitrogens with one attached hydrogen (secondary N) is 2. The molecule has 4 aliphatic carbocycles. The van der Waals surface area contributed by atoms with Crippen LogP contribution < -0.4 is 10.6 Å². The first-order chi connectivity index (χ1) is 14.8. The summed E-state index contributed by atoms with van der Waals surface area (Å²) in [6.45, 7) is 2.22. The third kappa shape index (κ3) is 4.01. The topological polar surface area (TPSA) is 54.3 Å². The highest BCUT2D eigenvalue weighted by Crippen LogP contribution is 2.61. The van der Waals surface area contributed by atoms with Crippen LogP contribution in [0.1, 0.15) is 56.0 Å². The van der Waals surface area contributed by atoms with Gasteiger partial charge in [0.1, 0.15) is 5.76 Å². The molecule has 6 rings (SSSR count). The minimum absolute atomic E-state index is 0.178. The molecule has 7 heteroatoms. The van der Waals surface area contributed by atoms with Gasteiger partial charge in [-0.3, -0.25) is 10.1 Å². The normalized spacial score (nSPS) is 29.6. The zero-order valence-corrected chi connectivity index (χ0v) is 19.7. The van der Waals surface area contributed by atoms with Gasteiger partial charge in [0.15, 0.2) is 10.9 Å². The molecule has 1 amide bonds. The SMILES string of the molecule is CC(NC(=S)NC(=O)c1ccc(-c2cccc(Cl)c2Cl)o1)C12CC3CC(CC(C3)C1)C2. The number of thiocarbonyl (C=S) groups is 1. The van der Waals surface area contributed by atoms with Crippen LogP contribution >= 0.6 is 35.4 Å². The maximum atomic E-state index is 12.7. The van der Waals surface area contributed by atoms with Gasteiger partial charge in [-0.1, -0.05) is 29.3 Å². The molecule has 31 heavy (non-hydrogen) atoms. The highest BCUT2D eigenvalue weighted by atomic mass is 35.5. The zero-order chi connectivity index (χ0) is 21.8. The second-order valence-electron chi connectivity index (χ2n) is 9.69. The van der Waals surface area contributed by atoms with E-state index in [1.165, 1.54) is 38.5 Å². The van der Waals surface area contributed by atoms with Crippen molar-refractivity contribution in [3.8, 4) is 11.3 Å². The molecule has 4 fully saturated rings.